The van der Waals surface area contributed by atoms with Gasteiger partial charge in [-0.05, 0) is 48.7 Å². The van der Waals surface area contributed by atoms with Crippen molar-refractivity contribution >= 4 is 39.0 Å². The van der Waals surface area contributed by atoms with Crippen LogP contribution in [0.3, 0.4) is 0 Å². The second-order valence-electron chi connectivity index (χ2n) is 7.84. The van der Waals surface area contributed by atoms with Crippen LogP contribution in [-0.4, -0.2) is 38.7 Å². The second-order valence-corrected chi connectivity index (χ2v) is 10.2. The maximum Gasteiger partial charge on any atom is 0.317 e. The Balaban J connectivity index is 1.50. The molecule has 0 radical (unpaired) electrons. The lowest BCUT2D eigenvalue weighted by Gasteiger charge is -2.39. The summed E-state index contributed by atoms with van der Waals surface area (Å²) in [7, 11) is -3.36. The molecule has 1 unspecified atom stereocenters. The molecule has 8 heteroatoms. The minimum Gasteiger partial charge on any atom is -0.455 e. The van der Waals surface area contributed by atoms with Crippen molar-refractivity contribution in [1.29, 1.82) is 0 Å². The van der Waals surface area contributed by atoms with Crippen LogP contribution in [0.2, 0.25) is 5.02 Å². The number of halogens is 1. The molecule has 1 fully saturated rings. The number of ether oxygens (including phenoxy) is 1. The van der Waals surface area contributed by atoms with E-state index in [2.05, 4.69) is 0 Å². The minimum absolute atomic E-state index is 0.198. The topological polar surface area (TPSA) is 80.8 Å². The summed E-state index contributed by atoms with van der Waals surface area (Å²) >= 11 is 5.97. The van der Waals surface area contributed by atoms with Crippen molar-refractivity contribution in [3.05, 3.63) is 76.7 Å². The van der Waals surface area contributed by atoms with Gasteiger partial charge in [0.1, 0.15) is 0 Å². The van der Waals surface area contributed by atoms with Crippen molar-refractivity contribution < 1.29 is 22.7 Å². The molecule has 31 heavy (non-hydrogen) atoms. The third-order valence-electron chi connectivity index (χ3n) is 5.87. The molecule has 1 amide bonds. The van der Waals surface area contributed by atoms with Gasteiger partial charge in [0.2, 0.25) is 0 Å². The number of anilines is 1. The predicted molar refractivity (Wildman–Crippen MR) is 119 cm³/mol. The lowest BCUT2D eigenvalue weighted by atomic mass is 9.64. The van der Waals surface area contributed by atoms with Gasteiger partial charge in [0, 0.05) is 16.1 Å². The Labute approximate surface area is 186 Å². The third-order valence-corrected chi connectivity index (χ3v) is 7.50. The molecule has 0 bridgehead atoms. The molecule has 6 nitrogen and oxygen atoms in total. The number of sulfone groups is 1. The summed E-state index contributed by atoms with van der Waals surface area (Å²) in [6, 6.07) is 15.2. The van der Waals surface area contributed by atoms with Gasteiger partial charge < -0.3 is 9.64 Å². The van der Waals surface area contributed by atoms with Crippen LogP contribution in [0.15, 0.2) is 66.1 Å². The molecule has 0 aromatic heterocycles. The molecule has 1 aliphatic carbocycles. The fourth-order valence-electron chi connectivity index (χ4n) is 4.07. The van der Waals surface area contributed by atoms with E-state index in [9.17, 15) is 18.0 Å². The molecule has 1 aliphatic heterocycles. The van der Waals surface area contributed by atoms with Gasteiger partial charge in [-0.2, -0.15) is 0 Å². The molecule has 162 valence electrons. The number of benzene rings is 2. The first kappa shape index (κ1) is 21.6. The van der Waals surface area contributed by atoms with Gasteiger partial charge in [-0.1, -0.05) is 48.4 Å². The quantitative estimate of drug-likeness (QED) is 0.616. The van der Waals surface area contributed by atoms with E-state index < -0.39 is 39.8 Å². The highest BCUT2D eigenvalue weighted by Crippen LogP contribution is 2.45. The van der Waals surface area contributed by atoms with Crippen LogP contribution in [0.25, 0.3) is 0 Å². The molecular weight excluding hydrogens is 438 g/mol. The Morgan fingerprint density at radius 2 is 1.74 bits per heavy atom. The molecule has 2 aromatic carbocycles. The molecule has 2 aliphatic rings. The van der Waals surface area contributed by atoms with E-state index in [1.54, 1.807) is 42.5 Å². The van der Waals surface area contributed by atoms with Crippen molar-refractivity contribution in [2.75, 3.05) is 17.3 Å². The van der Waals surface area contributed by atoms with Crippen molar-refractivity contribution in [1.82, 2.24) is 0 Å². The van der Waals surface area contributed by atoms with E-state index in [0.717, 1.165) is 17.4 Å². The Hall–Kier alpha value is -2.64. The Kier molecular flexibility index (Phi) is 5.90. The average molecular weight is 460 g/mol. The van der Waals surface area contributed by atoms with Gasteiger partial charge in [-0.3, -0.25) is 9.59 Å². The van der Waals surface area contributed by atoms with E-state index in [1.165, 1.54) is 11.0 Å². The van der Waals surface area contributed by atoms with E-state index >= 15 is 0 Å². The lowest BCUT2D eigenvalue weighted by Crippen LogP contribution is -2.47. The zero-order valence-electron chi connectivity index (χ0n) is 16.7. The monoisotopic (exact) mass is 459 g/mol. The number of amides is 1. The van der Waals surface area contributed by atoms with Crippen LogP contribution in [0, 0.1) is 0 Å². The first-order valence-corrected chi connectivity index (χ1v) is 12.1. The van der Waals surface area contributed by atoms with Gasteiger partial charge in [0.05, 0.1) is 17.2 Å². The summed E-state index contributed by atoms with van der Waals surface area (Å²) in [5.41, 5.74) is 0.607. The first-order chi connectivity index (χ1) is 14.8. The van der Waals surface area contributed by atoms with Gasteiger partial charge in [-0.15, -0.1) is 0 Å². The summed E-state index contributed by atoms with van der Waals surface area (Å²) < 4.78 is 29.3. The zero-order chi connectivity index (χ0) is 22.1. The highest BCUT2D eigenvalue weighted by atomic mass is 35.5. The minimum atomic E-state index is -3.36. The SMILES string of the molecule is O=C(COC(=O)C1(c2ccc(Cl)cc2)CCC1)N(c1ccccc1)C1C=CS(=O)(=O)C1. The van der Waals surface area contributed by atoms with Gasteiger partial charge in [0.25, 0.3) is 5.91 Å². The fraction of sp³-hybridized carbons (Fsp3) is 0.304. The first-order valence-electron chi connectivity index (χ1n) is 10.0. The van der Waals surface area contributed by atoms with Crippen LogP contribution in [0.4, 0.5) is 5.69 Å². The summed E-state index contributed by atoms with van der Waals surface area (Å²) in [5.74, 6) is -1.12. The summed E-state index contributed by atoms with van der Waals surface area (Å²) in [6.07, 6.45) is 3.68. The number of hydrogen-bond acceptors (Lipinski definition) is 5. The lowest BCUT2D eigenvalue weighted by molar-refractivity contribution is -0.157. The Bertz CT molecular complexity index is 1110. The highest BCUT2D eigenvalue weighted by Gasteiger charge is 2.47. The molecule has 0 saturated heterocycles. The van der Waals surface area contributed by atoms with Crippen LogP contribution in [-0.2, 0) is 29.6 Å². The highest BCUT2D eigenvalue weighted by molar-refractivity contribution is 7.94. The maximum atomic E-state index is 13.1. The molecule has 1 heterocycles. The zero-order valence-corrected chi connectivity index (χ0v) is 18.3. The molecule has 1 atom stereocenters. The van der Waals surface area contributed by atoms with Gasteiger partial charge >= 0.3 is 5.97 Å². The number of carbonyl (C=O) groups is 2. The Morgan fingerprint density at radius 3 is 2.29 bits per heavy atom. The van der Waals surface area contributed by atoms with Gasteiger partial charge in [0.15, 0.2) is 16.4 Å². The Morgan fingerprint density at radius 1 is 1.06 bits per heavy atom. The van der Waals surface area contributed by atoms with Crippen LogP contribution < -0.4 is 4.90 Å². The fourth-order valence-corrected chi connectivity index (χ4v) is 5.47. The summed E-state index contributed by atoms with van der Waals surface area (Å²) in [4.78, 5) is 27.4. The largest absolute Gasteiger partial charge is 0.455 e. The van der Waals surface area contributed by atoms with Crippen LogP contribution >= 0.6 is 11.6 Å². The van der Waals surface area contributed by atoms with Crippen molar-refractivity contribution in [3.8, 4) is 0 Å². The van der Waals surface area contributed by atoms with Gasteiger partial charge in [-0.25, -0.2) is 8.42 Å². The number of nitrogens with zero attached hydrogens (tertiary/aromatic N) is 1. The van der Waals surface area contributed by atoms with Crippen LogP contribution in [0.1, 0.15) is 24.8 Å². The average Bonchev–Trinajstić information content (AvgIpc) is 3.07. The molecular formula is C23H22ClNO5S. The van der Waals surface area contributed by atoms with E-state index in [4.69, 9.17) is 16.3 Å². The molecule has 1 saturated carbocycles. The number of esters is 1. The summed E-state index contributed by atoms with van der Waals surface area (Å²) in [6.45, 7) is -0.465. The maximum absolute atomic E-state index is 13.1. The second kappa shape index (κ2) is 8.48. The van der Waals surface area contributed by atoms with E-state index in [1.807, 2.05) is 12.1 Å². The predicted octanol–water partition coefficient (Wildman–Crippen LogP) is 3.65. The number of para-hydroxylation sites is 1. The number of hydrogen-bond donors (Lipinski definition) is 0. The standard InChI is InChI=1S/C23H22ClNO5S/c24-18-9-7-17(8-10-18)23(12-4-13-23)22(27)30-15-21(26)25(19-5-2-1-3-6-19)20-11-14-31(28,29)16-20/h1-3,5-11,14,20H,4,12-13,15-16H2. The normalized spacial score (nSPS) is 20.6. The number of rotatable bonds is 6. The van der Waals surface area contributed by atoms with E-state index in [-0.39, 0.29) is 5.75 Å². The smallest absolute Gasteiger partial charge is 0.317 e. The van der Waals surface area contributed by atoms with Crippen LogP contribution in [0.5, 0.6) is 0 Å². The summed E-state index contributed by atoms with van der Waals surface area (Å²) in [5, 5.41) is 1.70. The van der Waals surface area contributed by atoms with E-state index in [0.29, 0.717) is 23.6 Å². The molecule has 4 rings (SSSR count). The van der Waals surface area contributed by atoms with Crippen molar-refractivity contribution in [2.24, 2.45) is 0 Å². The molecule has 0 spiro atoms. The van der Waals surface area contributed by atoms with Crippen molar-refractivity contribution in [3.63, 3.8) is 0 Å². The number of carbonyl (C=O) groups excluding carboxylic acids is 2. The third kappa shape index (κ3) is 4.38. The van der Waals surface area contributed by atoms with Crippen molar-refractivity contribution in [2.45, 2.75) is 30.7 Å². The molecule has 0 N–H and O–H groups in total. The molecule has 2 aromatic rings.